The van der Waals surface area contributed by atoms with Gasteiger partial charge in [0, 0.05) is 68.6 Å². The average molecular weight is 547 g/mol. The molecule has 4 aliphatic rings. The largest absolute Gasteiger partial charge is 0.381 e. The van der Waals surface area contributed by atoms with Gasteiger partial charge in [-0.15, -0.1) is 5.10 Å². The van der Waals surface area contributed by atoms with Crippen molar-refractivity contribution in [2.24, 2.45) is 18.9 Å². The molecule has 6 unspecified atom stereocenters. The quantitative estimate of drug-likeness (QED) is 0.589. The minimum atomic E-state index is -3.27. The first-order chi connectivity index (χ1) is 18.2. The first-order valence-electron chi connectivity index (χ1n) is 13.9. The highest BCUT2D eigenvalue weighted by Gasteiger charge is 2.57. The first-order valence-corrected chi connectivity index (χ1v) is 15.8. The van der Waals surface area contributed by atoms with Crippen LogP contribution in [0.5, 0.6) is 0 Å². The zero-order valence-electron chi connectivity index (χ0n) is 22.4. The van der Waals surface area contributed by atoms with Gasteiger partial charge in [0.2, 0.25) is 0 Å². The molecule has 38 heavy (non-hydrogen) atoms. The molecule has 2 aromatic rings. The molecule has 5 heterocycles. The molecule has 1 aromatic heterocycles. The van der Waals surface area contributed by atoms with Gasteiger partial charge in [-0.2, -0.15) is 0 Å². The summed E-state index contributed by atoms with van der Waals surface area (Å²) in [6.45, 7) is 4.14. The van der Waals surface area contributed by atoms with Crippen LogP contribution in [0, 0.1) is 24.6 Å². The Morgan fingerprint density at radius 3 is 2.61 bits per heavy atom. The van der Waals surface area contributed by atoms with Gasteiger partial charge in [0.15, 0.2) is 9.84 Å². The van der Waals surface area contributed by atoms with Gasteiger partial charge in [0.05, 0.1) is 17.6 Å². The molecule has 7 atom stereocenters. The third-order valence-electron chi connectivity index (χ3n) is 9.44. The maximum Gasteiger partial charge on any atom is 0.163 e. The standard InChI is InChI=1S/C27H39FN6O3S/c1-16-25(33(2)32-31-16)18-14-22-24(29-15-18)20-8-9-23(38(3,35)36)30-27(20)34(22)26(17-10-12-37-13-11-17)19-6-4-5-7-21(19)28/h4-7,17-18,20,22-24,26-27,29-30H,8-15H2,1-3H3/t18?,20?,22?,23?,24?,26-,27?/m0/s1. The van der Waals surface area contributed by atoms with Crippen LogP contribution in [0.2, 0.25) is 0 Å². The lowest BCUT2D eigenvalue weighted by Gasteiger charge is -2.46. The van der Waals surface area contributed by atoms with E-state index < -0.39 is 15.2 Å². The van der Waals surface area contributed by atoms with Crippen molar-refractivity contribution < 1.29 is 17.5 Å². The number of nitrogens with one attached hydrogen (secondary N) is 2. The summed E-state index contributed by atoms with van der Waals surface area (Å²) in [6.07, 6.45) is 5.14. The molecule has 208 valence electrons. The van der Waals surface area contributed by atoms with Gasteiger partial charge in [-0.05, 0) is 51.0 Å². The van der Waals surface area contributed by atoms with Crippen LogP contribution in [0.4, 0.5) is 4.39 Å². The van der Waals surface area contributed by atoms with Gasteiger partial charge in [0.25, 0.3) is 0 Å². The van der Waals surface area contributed by atoms with E-state index >= 15 is 4.39 Å². The number of fused-ring (bicyclic) bond motifs is 3. The normalized spacial score (nSPS) is 33.6. The second-order valence-corrected chi connectivity index (χ2v) is 13.9. The number of aromatic nitrogens is 3. The Balaban J connectivity index is 1.44. The van der Waals surface area contributed by atoms with Crippen molar-refractivity contribution in [3.63, 3.8) is 0 Å². The van der Waals surface area contributed by atoms with Gasteiger partial charge >= 0.3 is 0 Å². The number of nitrogens with zero attached hydrogens (tertiary/aromatic N) is 4. The molecule has 1 aromatic carbocycles. The Bertz CT molecular complexity index is 1250. The molecule has 2 N–H and O–H groups in total. The molecule has 0 spiro atoms. The van der Waals surface area contributed by atoms with Crippen molar-refractivity contribution in [1.82, 2.24) is 30.5 Å². The number of benzene rings is 1. The van der Waals surface area contributed by atoms with Crippen LogP contribution in [0.1, 0.15) is 61.0 Å². The summed E-state index contributed by atoms with van der Waals surface area (Å²) in [5, 5.41) is 15.4. The number of hydrogen-bond acceptors (Lipinski definition) is 8. The zero-order chi connectivity index (χ0) is 26.6. The Hall–Kier alpha value is -1.92. The molecular formula is C27H39FN6O3S. The molecule has 0 aliphatic carbocycles. The third kappa shape index (κ3) is 4.60. The number of likely N-dealkylation sites (tertiary alicyclic amines) is 1. The zero-order valence-corrected chi connectivity index (χ0v) is 23.2. The smallest absolute Gasteiger partial charge is 0.163 e. The summed E-state index contributed by atoms with van der Waals surface area (Å²) in [4.78, 5) is 2.47. The van der Waals surface area contributed by atoms with E-state index in [1.54, 1.807) is 12.1 Å². The maximum atomic E-state index is 15.6. The van der Waals surface area contributed by atoms with Crippen LogP contribution < -0.4 is 10.6 Å². The van der Waals surface area contributed by atoms with Crippen molar-refractivity contribution in [3.05, 3.63) is 47.0 Å². The second-order valence-electron chi connectivity index (χ2n) is 11.7. The van der Waals surface area contributed by atoms with Gasteiger partial charge in [-0.3, -0.25) is 14.9 Å². The van der Waals surface area contributed by atoms with Crippen molar-refractivity contribution >= 4 is 9.84 Å². The van der Waals surface area contributed by atoms with Gasteiger partial charge in [-0.25, -0.2) is 12.8 Å². The highest BCUT2D eigenvalue weighted by molar-refractivity contribution is 7.91. The average Bonchev–Trinajstić information content (AvgIpc) is 3.41. The first kappa shape index (κ1) is 26.3. The number of ether oxygens (including phenoxy) is 1. The molecule has 4 aliphatic heterocycles. The van der Waals surface area contributed by atoms with E-state index in [4.69, 9.17) is 4.74 Å². The van der Waals surface area contributed by atoms with E-state index in [-0.39, 0.29) is 47.9 Å². The molecule has 0 saturated carbocycles. The number of hydrogen-bond donors (Lipinski definition) is 2. The lowest BCUT2D eigenvalue weighted by Crippen LogP contribution is -2.57. The summed E-state index contributed by atoms with van der Waals surface area (Å²) in [5.74, 6) is 0.451. The Morgan fingerprint density at radius 2 is 1.92 bits per heavy atom. The van der Waals surface area contributed by atoms with E-state index in [0.717, 1.165) is 43.6 Å². The summed E-state index contributed by atoms with van der Waals surface area (Å²) >= 11 is 0. The van der Waals surface area contributed by atoms with Gasteiger partial charge in [-0.1, -0.05) is 23.4 Å². The molecule has 0 bridgehead atoms. The fourth-order valence-corrected chi connectivity index (χ4v) is 8.78. The monoisotopic (exact) mass is 546 g/mol. The van der Waals surface area contributed by atoms with Crippen molar-refractivity contribution in [2.75, 3.05) is 26.0 Å². The topological polar surface area (TPSA) is 101 Å². The molecule has 0 amide bonds. The number of sulfone groups is 1. The van der Waals surface area contributed by atoms with Crippen molar-refractivity contribution in [2.45, 2.75) is 74.6 Å². The van der Waals surface area contributed by atoms with Crippen LogP contribution in [0.3, 0.4) is 0 Å². The third-order valence-corrected chi connectivity index (χ3v) is 10.8. The van der Waals surface area contributed by atoms with Crippen LogP contribution >= 0.6 is 0 Å². The summed E-state index contributed by atoms with van der Waals surface area (Å²) in [6, 6.07) is 7.24. The van der Waals surface area contributed by atoms with E-state index in [9.17, 15) is 8.42 Å². The fourth-order valence-electron chi connectivity index (χ4n) is 7.83. The number of piperidine rings is 2. The van der Waals surface area contributed by atoms with Crippen LogP contribution in [-0.2, 0) is 21.6 Å². The van der Waals surface area contributed by atoms with Crippen LogP contribution in [0.15, 0.2) is 24.3 Å². The summed E-state index contributed by atoms with van der Waals surface area (Å²) < 4.78 is 48.5. The van der Waals surface area contributed by atoms with E-state index in [1.807, 2.05) is 30.8 Å². The molecule has 4 saturated heterocycles. The summed E-state index contributed by atoms with van der Waals surface area (Å²) in [5.41, 5.74) is 2.76. The number of aryl methyl sites for hydroxylation is 2. The minimum absolute atomic E-state index is 0.108. The van der Waals surface area contributed by atoms with Crippen molar-refractivity contribution in [1.29, 1.82) is 0 Å². The van der Waals surface area contributed by atoms with Crippen LogP contribution in [-0.4, -0.2) is 77.9 Å². The lowest BCUT2D eigenvalue weighted by atomic mass is 9.81. The second kappa shape index (κ2) is 10.2. The van der Waals surface area contributed by atoms with E-state index in [1.165, 1.54) is 6.26 Å². The van der Waals surface area contributed by atoms with E-state index in [2.05, 4.69) is 25.8 Å². The SMILES string of the molecule is Cc1nnn(C)c1C1CNC2C3CCC(S(C)(=O)=O)NC3N([C@H](c3ccccc3F)C3CCOCC3)C2C1. The molecule has 4 fully saturated rings. The fraction of sp³-hybridized carbons (Fsp3) is 0.704. The minimum Gasteiger partial charge on any atom is -0.381 e. The van der Waals surface area contributed by atoms with Gasteiger partial charge < -0.3 is 10.1 Å². The molecule has 0 radical (unpaired) electrons. The highest BCUT2D eigenvalue weighted by Crippen LogP contribution is 2.49. The maximum absolute atomic E-state index is 15.6. The predicted octanol–water partition coefficient (Wildman–Crippen LogP) is 2.26. The number of rotatable bonds is 5. The molecule has 6 rings (SSSR count). The predicted molar refractivity (Wildman–Crippen MR) is 141 cm³/mol. The highest BCUT2D eigenvalue weighted by atomic mass is 32.2. The lowest BCUT2D eigenvalue weighted by molar-refractivity contribution is -0.0106. The number of halogens is 1. The Labute approximate surface area is 224 Å². The van der Waals surface area contributed by atoms with E-state index in [0.29, 0.717) is 25.2 Å². The molecular weight excluding hydrogens is 507 g/mol. The van der Waals surface area contributed by atoms with Crippen LogP contribution in [0.25, 0.3) is 0 Å². The van der Waals surface area contributed by atoms with Crippen molar-refractivity contribution in [3.8, 4) is 0 Å². The Kier molecular flexibility index (Phi) is 7.09. The molecule has 11 heteroatoms. The van der Waals surface area contributed by atoms with Gasteiger partial charge in [0.1, 0.15) is 11.2 Å². The Morgan fingerprint density at radius 1 is 1.16 bits per heavy atom. The summed E-state index contributed by atoms with van der Waals surface area (Å²) in [7, 11) is -1.33. The molecule has 9 nitrogen and oxygen atoms in total.